The van der Waals surface area contributed by atoms with E-state index in [0.29, 0.717) is 17.0 Å². The molecule has 0 aliphatic rings. The number of nitrogens with one attached hydrogen (secondary N) is 2. The lowest BCUT2D eigenvalue weighted by Crippen LogP contribution is -2.19. The number of carbonyl (C=O) groups is 2. The first-order valence-electron chi connectivity index (χ1n) is 8.39. The number of aryl methyl sites for hydroxylation is 3. The third-order valence-corrected chi connectivity index (χ3v) is 3.76. The summed E-state index contributed by atoms with van der Waals surface area (Å²) in [5.74, 6) is -0.133. The molecule has 136 valence electrons. The lowest BCUT2D eigenvalue weighted by Gasteiger charge is -2.08. The van der Waals surface area contributed by atoms with Gasteiger partial charge in [-0.05, 0) is 45.0 Å². The Morgan fingerprint density at radius 1 is 0.704 bits per heavy atom. The molecule has 2 N–H and O–H groups in total. The Hall–Kier alpha value is -3.61. The zero-order valence-corrected chi connectivity index (χ0v) is 15.3. The number of rotatable bonds is 4. The van der Waals surface area contributed by atoms with Gasteiger partial charge >= 0.3 is 0 Å². The summed E-state index contributed by atoms with van der Waals surface area (Å²) in [6, 6.07) is 14.4. The summed E-state index contributed by atoms with van der Waals surface area (Å²) < 4.78 is 0. The first-order valence-corrected chi connectivity index (χ1v) is 8.39. The van der Waals surface area contributed by atoms with Gasteiger partial charge in [-0.25, -0.2) is 0 Å². The number of aromatic nitrogens is 3. The molecule has 2 aromatic carbocycles. The lowest BCUT2D eigenvalue weighted by molar-refractivity contribution is 0.101. The number of hydrogen-bond acceptors (Lipinski definition) is 5. The van der Waals surface area contributed by atoms with Crippen LogP contribution < -0.4 is 10.6 Å². The van der Waals surface area contributed by atoms with E-state index >= 15 is 0 Å². The van der Waals surface area contributed by atoms with Crippen molar-refractivity contribution >= 4 is 23.7 Å². The summed E-state index contributed by atoms with van der Waals surface area (Å²) in [6.45, 7) is 5.47. The molecule has 3 rings (SSSR count). The summed E-state index contributed by atoms with van der Waals surface area (Å²) in [5, 5.41) is 5.27. The van der Waals surface area contributed by atoms with E-state index in [9.17, 15) is 9.59 Å². The molecule has 27 heavy (non-hydrogen) atoms. The van der Waals surface area contributed by atoms with E-state index in [1.165, 1.54) is 0 Å². The highest BCUT2D eigenvalue weighted by atomic mass is 16.2. The van der Waals surface area contributed by atoms with Gasteiger partial charge in [-0.1, -0.05) is 35.4 Å². The van der Waals surface area contributed by atoms with E-state index < -0.39 is 0 Å². The molecular weight excluding hydrogens is 342 g/mol. The second-order valence-corrected chi connectivity index (χ2v) is 6.18. The third-order valence-electron chi connectivity index (χ3n) is 3.76. The SMILES string of the molecule is Cc1cccc(C(=O)Nc2nc(C)nc(NC(=O)c3cccc(C)c3)n2)c1. The standard InChI is InChI=1S/C20H19N5O2/c1-12-6-4-8-15(10-12)17(26)23-19-21-14(3)22-20(25-19)24-18(27)16-9-5-7-13(2)11-16/h4-11H,1-3H3,(H2,21,22,23,24,25,26,27). The van der Waals surface area contributed by atoms with Gasteiger partial charge in [0.1, 0.15) is 5.82 Å². The van der Waals surface area contributed by atoms with Crippen LogP contribution in [0.5, 0.6) is 0 Å². The van der Waals surface area contributed by atoms with Crippen molar-refractivity contribution in [2.45, 2.75) is 20.8 Å². The van der Waals surface area contributed by atoms with Crippen molar-refractivity contribution in [3.63, 3.8) is 0 Å². The van der Waals surface area contributed by atoms with Gasteiger partial charge in [0.2, 0.25) is 11.9 Å². The van der Waals surface area contributed by atoms with Crippen LogP contribution in [0, 0.1) is 20.8 Å². The highest BCUT2D eigenvalue weighted by Gasteiger charge is 2.13. The van der Waals surface area contributed by atoms with Gasteiger partial charge in [0.05, 0.1) is 0 Å². The van der Waals surface area contributed by atoms with Crippen molar-refractivity contribution in [2.75, 3.05) is 10.6 Å². The fourth-order valence-electron chi connectivity index (χ4n) is 2.51. The van der Waals surface area contributed by atoms with Gasteiger partial charge in [-0.15, -0.1) is 0 Å². The zero-order chi connectivity index (χ0) is 19.4. The lowest BCUT2D eigenvalue weighted by atomic mass is 10.1. The molecule has 0 saturated heterocycles. The average Bonchev–Trinajstić information content (AvgIpc) is 2.61. The molecule has 0 aliphatic heterocycles. The van der Waals surface area contributed by atoms with Crippen LogP contribution in [0.15, 0.2) is 48.5 Å². The molecule has 1 heterocycles. The number of carbonyl (C=O) groups excluding carboxylic acids is 2. The largest absolute Gasteiger partial charge is 0.290 e. The second kappa shape index (κ2) is 7.74. The van der Waals surface area contributed by atoms with Crippen LogP contribution in [0.4, 0.5) is 11.9 Å². The predicted octanol–water partition coefficient (Wildman–Crippen LogP) is 3.30. The summed E-state index contributed by atoms with van der Waals surface area (Å²) in [4.78, 5) is 37.1. The van der Waals surface area contributed by atoms with Crippen molar-refractivity contribution in [2.24, 2.45) is 0 Å². The smallest absolute Gasteiger partial charge is 0.258 e. The highest BCUT2D eigenvalue weighted by Crippen LogP contribution is 2.11. The maximum atomic E-state index is 12.4. The van der Waals surface area contributed by atoms with Crippen molar-refractivity contribution in [1.29, 1.82) is 0 Å². The number of hydrogen-bond donors (Lipinski definition) is 2. The third kappa shape index (κ3) is 4.72. The summed E-state index contributed by atoms with van der Waals surface area (Å²) in [6.07, 6.45) is 0. The monoisotopic (exact) mass is 361 g/mol. The molecule has 7 nitrogen and oxygen atoms in total. The van der Waals surface area contributed by atoms with E-state index in [4.69, 9.17) is 0 Å². The fourth-order valence-corrected chi connectivity index (χ4v) is 2.51. The average molecular weight is 361 g/mol. The number of anilines is 2. The van der Waals surface area contributed by atoms with Crippen LogP contribution in [0.25, 0.3) is 0 Å². The fraction of sp³-hybridized carbons (Fsp3) is 0.150. The summed E-state index contributed by atoms with van der Waals surface area (Å²) in [7, 11) is 0. The van der Waals surface area contributed by atoms with E-state index in [1.54, 1.807) is 43.3 Å². The first kappa shape index (κ1) is 18.2. The quantitative estimate of drug-likeness (QED) is 0.743. The Kier molecular flexibility index (Phi) is 5.21. The topological polar surface area (TPSA) is 96.9 Å². The molecular formula is C20H19N5O2. The van der Waals surface area contributed by atoms with E-state index in [-0.39, 0.29) is 23.7 Å². The zero-order valence-electron chi connectivity index (χ0n) is 15.3. The highest BCUT2D eigenvalue weighted by molar-refractivity contribution is 6.04. The van der Waals surface area contributed by atoms with Gasteiger partial charge in [0, 0.05) is 11.1 Å². The second-order valence-electron chi connectivity index (χ2n) is 6.18. The number of benzene rings is 2. The normalized spacial score (nSPS) is 10.3. The Morgan fingerprint density at radius 2 is 1.15 bits per heavy atom. The van der Waals surface area contributed by atoms with Crippen molar-refractivity contribution in [3.05, 3.63) is 76.6 Å². The molecule has 0 aliphatic carbocycles. The molecule has 0 fully saturated rings. The Labute approximate surface area is 156 Å². The van der Waals surface area contributed by atoms with Crippen LogP contribution in [-0.4, -0.2) is 26.8 Å². The minimum atomic E-state index is -0.333. The minimum Gasteiger partial charge on any atom is -0.290 e. The van der Waals surface area contributed by atoms with Crippen molar-refractivity contribution in [3.8, 4) is 0 Å². The molecule has 0 unspecified atom stereocenters. The van der Waals surface area contributed by atoms with Crippen LogP contribution in [-0.2, 0) is 0 Å². The predicted molar refractivity (Wildman–Crippen MR) is 103 cm³/mol. The van der Waals surface area contributed by atoms with Gasteiger partial charge in [0.25, 0.3) is 11.8 Å². The number of amides is 2. The van der Waals surface area contributed by atoms with Gasteiger partial charge < -0.3 is 0 Å². The van der Waals surface area contributed by atoms with E-state index in [1.807, 2.05) is 26.0 Å². The minimum absolute atomic E-state index is 0.0774. The van der Waals surface area contributed by atoms with Crippen LogP contribution in [0.1, 0.15) is 37.7 Å². The maximum absolute atomic E-state index is 12.4. The van der Waals surface area contributed by atoms with Crippen LogP contribution in [0.2, 0.25) is 0 Å². The van der Waals surface area contributed by atoms with Gasteiger partial charge in [-0.2, -0.15) is 15.0 Å². The van der Waals surface area contributed by atoms with Crippen molar-refractivity contribution < 1.29 is 9.59 Å². The molecule has 0 bridgehead atoms. The maximum Gasteiger partial charge on any atom is 0.258 e. The Bertz CT molecular complexity index is 939. The van der Waals surface area contributed by atoms with E-state index in [0.717, 1.165) is 11.1 Å². The van der Waals surface area contributed by atoms with Crippen LogP contribution in [0.3, 0.4) is 0 Å². The van der Waals surface area contributed by atoms with E-state index in [2.05, 4.69) is 25.6 Å². The molecule has 7 heteroatoms. The Morgan fingerprint density at radius 3 is 1.56 bits per heavy atom. The molecule has 0 spiro atoms. The molecule has 1 aromatic heterocycles. The number of nitrogens with zero attached hydrogens (tertiary/aromatic N) is 3. The van der Waals surface area contributed by atoms with Crippen molar-refractivity contribution in [1.82, 2.24) is 15.0 Å². The molecule has 2 amide bonds. The van der Waals surface area contributed by atoms with Crippen LogP contribution >= 0.6 is 0 Å². The van der Waals surface area contributed by atoms with Gasteiger partial charge in [-0.3, -0.25) is 20.2 Å². The molecule has 0 atom stereocenters. The van der Waals surface area contributed by atoms with Gasteiger partial charge in [0.15, 0.2) is 0 Å². The first-order chi connectivity index (χ1) is 12.9. The molecule has 3 aromatic rings. The molecule has 0 radical (unpaired) electrons. The summed E-state index contributed by atoms with van der Waals surface area (Å²) in [5.41, 5.74) is 2.94. The summed E-state index contributed by atoms with van der Waals surface area (Å²) >= 11 is 0. The molecule has 0 saturated carbocycles. The Balaban J connectivity index is 1.78.